The molecule has 0 unspecified atom stereocenters. The predicted octanol–water partition coefficient (Wildman–Crippen LogP) is 6.64. The van der Waals surface area contributed by atoms with E-state index in [4.69, 9.17) is 33.0 Å². The molecule has 4 nitrogen and oxygen atoms in total. The molecule has 150 valence electrons. The van der Waals surface area contributed by atoms with Crippen LogP contribution in [-0.2, 0) is 6.61 Å². The van der Waals surface area contributed by atoms with Crippen LogP contribution in [0.5, 0.6) is 5.75 Å². The van der Waals surface area contributed by atoms with Gasteiger partial charge in [0.05, 0.1) is 27.3 Å². The summed E-state index contributed by atoms with van der Waals surface area (Å²) < 4.78 is 5.81. The second-order valence-corrected chi connectivity index (χ2v) is 7.46. The zero-order chi connectivity index (χ0) is 21.7. The van der Waals surface area contributed by atoms with Gasteiger partial charge in [0.1, 0.15) is 6.61 Å². The molecule has 3 rings (SSSR count). The minimum absolute atomic E-state index is 0.150. The Hall–Kier alpha value is -3.26. The van der Waals surface area contributed by atoms with Gasteiger partial charge in [0.2, 0.25) is 0 Å². The summed E-state index contributed by atoms with van der Waals surface area (Å²) in [6.45, 7) is 2.34. The van der Waals surface area contributed by atoms with Crippen molar-refractivity contribution in [1.82, 2.24) is 0 Å². The van der Waals surface area contributed by atoms with E-state index < -0.39 is 5.97 Å². The van der Waals surface area contributed by atoms with Gasteiger partial charge in [0, 0.05) is 0 Å². The number of allylic oxidation sites excluding steroid dienone is 1. The van der Waals surface area contributed by atoms with Crippen molar-refractivity contribution in [3.63, 3.8) is 0 Å². The largest absolute Gasteiger partial charge is 0.486 e. The molecule has 0 aromatic heterocycles. The minimum atomic E-state index is -1.02. The van der Waals surface area contributed by atoms with Crippen LogP contribution < -0.4 is 4.74 Å². The maximum atomic E-state index is 11.0. The van der Waals surface area contributed by atoms with Gasteiger partial charge in [0.15, 0.2) is 5.75 Å². The first-order valence-electron chi connectivity index (χ1n) is 9.00. The predicted molar refractivity (Wildman–Crippen MR) is 119 cm³/mol. The van der Waals surface area contributed by atoms with Gasteiger partial charge >= 0.3 is 5.97 Å². The molecule has 30 heavy (non-hydrogen) atoms. The van der Waals surface area contributed by atoms with Crippen LogP contribution in [0.3, 0.4) is 0 Å². The summed E-state index contributed by atoms with van der Waals surface area (Å²) in [5.74, 6) is -0.648. The Morgan fingerprint density at radius 3 is 2.27 bits per heavy atom. The summed E-state index contributed by atoms with van der Waals surface area (Å²) in [5.41, 5.74) is 3.86. The Kier molecular flexibility index (Phi) is 6.79. The molecule has 0 amide bonds. The molecule has 0 atom stereocenters. The van der Waals surface area contributed by atoms with E-state index in [9.17, 15) is 10.1 Å². The van der Waals surface area contributed by atoms with Gasteiger partial charge in [-0.05, 0) is 54.0 Å². The fourth-order valence-electron chi connectivity index (χ4n) is 2.90. The van der Waals surface area contributed by atoms with Crippen molar-refractivity contribution in [1.29, 1.82) is 5.26 Å². The molecule has 0 aliphatic rings. The van der Waals surface area contributed by atoms with Crippen LogP contribution in [0.4, 0.5) is 0 Å². The molecular formula is C24H17Cl2NO3. The van der Waals surface area contributed by atoms with Crippen LogP contribution in [0.25, 0.3) is 11.6 Å². The van der Waals surface area contributed by atoms with Crippen LogP contribution in [0, 0.1) is 18.3 Å². The maximum Gasteiger partial charge on any atom is 0.335 e. The lowest BCUT2D eigenvalue weighted by atomic mass is 10.0. The number of aromatic carboxylic acids is 1. The number of benzene rings is 3. The fraction of sp³-hybridized carbons (Fsp3) is 0.0833. The molecule has 0 saturated heterocycles. The van der Waals surface area contributed by atoms with E-state index in [0.29, 0.717) is 39.1 Å². The standard InChI is InChI=1S/C24H17Cl2NO3/c1-15-3-2-4-16(9-15)14-30-23-21(25)11-17(12-22(23)26)10-20(13-27)18-5-7-19(8-6-18)24(28)29/h2-12H,14H2,1H3,(H,28,29). The number of ether oxygens (including phenoxy) is 1. The molecule has 6 heteroatoms. The highest BCUT2D eigenvalue weighted by Crippen LogP contribution is 2.36. The van der Waals surface area contributed by atoms with E-state index in [2.05, 4.69) is 6.07 Å². The van der Waals surface area contributed by atoms with E-state index in [1.165, 1.54) is 12.1 Å². The topological polar surface area (TPSA) is 70.3 Å². The monoisotopic (exact) mass is 437 g/mol. The lowest BCUT2D eigenvalue weighted by Crippen LogP contribution is -1.97. The van der Waals surface area contributed by atoms with Crippen LogP contribution >= 0.6 is 23.2 Å². The van der Waals surface area contributed by atoms with E-state index in [-0.39, 0.29) is 5.56 Å². The number of halogens is 2. The quantitative estimate of drug-likeness (QED) is 0.346. The van der Waals surface area contributed by atoms with Gasteiger partial charge in [-0.15, -0.1) is 0 Å². The molecule has 3 aromatic carbocycles. The first-order valence-corrected chi connectivity index (χ1v) is 9.76. The lowest BCUT2D eigenvalue weighted by molar-refractivity contribution is 0.0697. The molecule has 0 saturated carbocycles. The number of nitrogens with zero attached hydrogens (tertiary/aromatic N) is 1. The smallest absolute Gasteiger partial charge is 0.335 e. The SMILES string of the molecule is Cc1cccc(COc2c(Cl)cc(C=C(C#N)c3ccc(C(=O)O)cc3)cc2Cl)c1. The second-order valence-electron chi connectivity index (χ2n) is 6.64. The van der Waals surface area contributed by atoms with Gasteiger partial charge in [-0.25, -0.2) is 4.79 Å². The highest BCUT2D eigenvalue weighted by atomic mass is 35.5. The number of carbonyl (C=O) groups is 1. The maximum absolute atomic E-state index is 11.0. The Labute approximate surface area is 184 Å². The molecule has 0 spiro atoms. The van der Waals surface area contributed by atoms with E-state index in [1.807, 2.05) is 31.2 Å². The highest BCUT2D eigenvalue weighted by Gasteiger charge is 2.11. The summed E-state index contributed by atoms with van der Waals surface area (Å²) in [6.07, 6.45) is 1.64. The normalized spacial score (nSPS) is 11.1. The number of aryl methyl sites for hydroxylation is 1. The number of carboxylic acids is 1. The Morgan fingerprint density at radius 2 is 1.70 bits per heavy atom. The minimum Gasteiger partial charge on any atom is -0.486 e. The summed E-state index contributed by atoms with van der Waals surface area (Å²) in [7, 11) is 0. The van der Waals surface area contributed by atoms with Crippen LogP contribution in [-0.4, -0.2) is 11.1 Å². The van der Waals surface area contributed by atoms with Gasteiger partial charge in [-0.3, -0.25) is 0 Å². The van der Waals surface area contributed by atoms with E-state index >= 15 is 0 Å². The lowest BCUT2D eigenvalue weighted by Gasteiger charge is -2.11. The first-order chi connectivity index (χ1) is 14.4. The average Bonchev–Trinajstić information content (AvgIpc) is 2.71. The first kappa shape index (κ1) is 21.4. The number of hydrogen-bond donors (Lipinski definition) is 1. The van der Waals surface area contributed by atoms with Crippen molar-refractivity contribution in [3.05, 3.63) is 98.5 Å². The van der Waals surface area contributed by atoms with Crippen molar-refractivity contribution >= 4 is 40.8 Å². The van der Waals surface area contributed by atoms with Gasteiger partial charge < -0.3 is 9.84 Å². The molecule has 0 bridgehead atoms. The number of carboxylic acid groups (broad SMARTS) is 1. The van der Waals surface area contributed by atoms with E-state index in [1.54, 1.807) is 30.3 Å². The molecule has 0 aliphatic carbocycles. The average molecular weight is 438 g/mol. The van der Waals surface area contributed by atoms with Gasteiger partial charge in [-0.2, -0.15) is 5.26 Å². The van der Waals surface area contributed by atoms with Crippen molar-refractivity contribution < 1.29 is 14.6 Å². The fourth-order valence-corrected chi connectivity index (χ4v) is 3.51. The Balaban J connectivity index is 1.84. The van der Waals surface area contributed by atoms with Gasteiger partial charge in [-0.1, -0.05) is 65.2 Å². The molecular weight excluding hydrogens is 421 g/mol. The van der Waals surface area contributed by atoms with Crippen LogP contribution in [0.2, 0.25) is 10.0 Å². The third kappa shape index (κ3) is 5.21. The summed E-state index contributed by atoms with van der Waals surface area (Å²) in [5, 5.41) is 19.2. The molecule has 1 N–H and O–H groups in total. The molecule has 0 fully saturated rings. The molecule has 0 heterocycles. The number of hydrogen-bond acceptors (Lipinski definition) is 3. The molecule has 0 radical (unpaired) electrons. The van der Waals surface area contributed by atoms with Crippen LogP contribution in [0.15, 0.2) is 60.7 Å². The van der Waals surface area contributed by atoms with Gasteiger partial charge in [0.25, 0.3) is 0 Å². The van der Waals surface area contributed by atoms with E-state index in [0.717, 1.165) is 11.1 Å². The molecule has 3 aromatic rings. The summed E-state index contributed by atoms with van der Waals surface area (Å²) >= 11 is 12.7. The molecule has 0 aliphatic heterocycles. The highest BCUT2D eigenvalue weighted by molar-refractivity contribution is 6.37. The Bertz CT molecular complexity index is 1140. The summed E-state index contributed by atoms with van der Waals surface area (Å²) in [6, 6.07) is 19.5. The van der Waals surface area contributed by atoms with Crippen molar-refractivity contribution in [3.8, 4) is 11.8 Å². The van der Waals surface area contributed by atoms with Crippen molar-refractivity contribution in [2.24, 2.45) is 0 Å². The Morgan fingerprint density at radius 1 is 1.07 bits per heavy atom. The third-order valence-corrected chi connectivity index (χ3v) is 4.92. The zero-order valence-corrected chi connectivity index (χ0v) is 17.5. The number of rotatable bonds is 6. The zero-order valence-electron chi connectivity index (χ0n) is 16.0. The van der Waals surface area contributed by atoms with Crippen molar-refractivity contribution in [2.45, 2.75) is 13.5 Å². The second kappa shape index (κ2) is 9.49. The van der Waals surface area contributed by atoms with Crippen molar-refractivity contribution in [2.75, 3.05) is 0 Å². The van der Waals surface area contributed by atoms with Crippen LogP contribution in [0.1, 0.15) is 32.6 Å². The number of nitriles is 1. The summed E-state index contributed by atoms with van der Waals surface area (Å²) in [4.78, 5) is 11.0. The third-order valence-electron chi connectivity index (χ3n) is 4.36.